The summed E-state index contributed by atoms with van der Waals surface area (Å²) in [5.41, 5.74) is 0. The molecule has 2 unspecified atom stereocenters. The van der Waals surface area contributed by atoms with Crippen LogP contribution in [0.5, 0.6) is 0 Å². The molecule has 3 rings (SSSR count). The molecule has 0 aliphatic carbocycles. The van der Waals surface area contributed by atoms with Crippen molar-refractivity contribution in [3.8, 4) is 0 Å². The molecule has 2 aliphatic heterocycles. The lowest BCUT2D eigenvalue weighted by Gasteiger charge is -2.26. The molecule has 1 aromatic rings. The van der Waals surface area contributed by atoms with Gasteiger partial charge in [0.2, 0.25) is 10.0 Å². The van der Waals surface area contributed by atoms with E-state index < -0.39 is 22.7 Å². The Labute approximate surface area is 138 Å². The van der Waals surface area contributed by atoms with Crippen molar-refractivity contribution in [3.63, 3.8) is 0 Å². The van der Waals surface area contributed by atoms with Gasteiger partial charge < -0.3 is 5.32 Å². The van der Waals surface area contributed by atoms with Gasteiger partial charge in [-0.25, -0.2) is 8.42 Å². The van der Waals surface area contributed by atoms with Crippen molar-refractivity contribution in [1.82, 2.24) is 19.4 Å². The maximum absolute atomic E-state index is 12.7. The van der Waals surface area contributed by atoms with Gasteiger partial charge in [-0.15, -0.1) is 12.4 Å². The van der Waals surface area contributed by atoms with E-state index in [0.29, 0.717) is 17.6 Å². The van der Waals surface area contributed by atoms with Gasteiger partial charge in [-0.2, -0.15) is 22.6 Å². The van der Waals surface area contributed by atoms with E-state index in [9.17, 15) is 21.6 Å². The normalized spacial score (nSPS) is 25.9. The topological polar surface area (TPSA) is 67.2 Å². The van der Waals surface area contributed by atoms with Crippen LogP contribution in [0.4, 0.5) is 13.2 Å². The number of fused-ring (bicyclic) bond motifs is 2. The summed E-state index contributed by atoms with van der Waals surface area (Å²) in [5.74, 6) is 0. The summed E-state index contributed by atoms with van der Waals surface area (Å²) in [6, 6.07) is -0.223. The molecule has 0 amide bonds. The number of rotatable bonds is 3. The quantitative estimate of drug-likeness (QED) is 0.868. The summed E-state index contributed by atoms with van der Waals surface area (Å²) in [7, 11) is -3.81. The number of nitrogens with zero attached hydrogens (tertiary/aromatic N) is 3. The molecule has 1 N–H and O–H groups in total. The standard InChI is InChI=1S/C12H17F3N4O2S.ClH/c13-12(14,15)8-18-7-11(6-17-18)22(20,21)19-9-1-2-10(19)5-16-4-3-9;/h6-7,9-10,16H,1-5,8H2;1H. The Morgan fingerprint density at radius 3 is 2.65 bits per heavy atom. The molecule has 23 heavy (non-hydrogen) atoms. The molecule has 1 aromatic heterocycles. The molecular formula is C12H18ClF3N4O2S. The summed E-state index contributed by atoms with van der Waals surface area (Å²) >= 11 is 0. The van der Waals surface area contributed by atoms with Crippen LogP contribution in [-0.2, 0) is 16.6 Å². The Kier molecular flexibility index (Phi) is 5.29. The van der Waals surface area contributed by atoms with E-state index in [0.717, 1.165) is 31.8 Å². The molecular weight excluding hydrogens is 357 g/mol. The van der Waals surface area contributed by atoms with Gasteiger partial charge in [0.25, 0.3) is 0 Å². The third-order valence-corrected chi connectivity index (χ3v) is 6.07. The lowest BCUT2D eigenvalue weighted by Crippen LogP contribution is -2.42. The van der Waals surface area contributed by atoms with Crippen molar-refractivity contribution in [2.45, 2.75) is 49.0 Å². The van der Waals surface area contributed by atoms with Crippen LogP contribution >= 0.6 is 12.4 Å². The summed E-state index contributed by atoms with van der Waals surface area (Å²) in [6.45, 7) is 0.0316. The van der Waals surface area contributed by atoms with E-state index in [1.165, 1.54) is 4.31 Å². The molecule has 0 spiro atoms. The van der Waals surface area contributed by atoms with Gasteiger partial charge in [-0.05, 0) is 25.8 Å². The van der Waals surface area contributed by atoms with E-state index >= 15 is 0 Å². The van der Waals surface area contributed by atoms with E-state index in [4.69, 9.17) is 0 Å². The average Bonchev–Trinajstić information content (AvgIpc) is 2.91. The molecule has 2 atom stereocenters. The van der Waals surface area contributed by atoms with Gasteiger partial charge >= 0.3 is 6.18 Å². The van der Waals surface area contributed by atoms with Gasteiger partial charge in [-0.1, -0.05) is 0 Å². The molecule has 2 aliphatic rings. The van der Waals surface area contributed by atoms with Gasteiger partial charge in [-0.3, -0.25) is 4.68 Å². The number of hydrogen-bond donors (Lipinski definition) is 1. The lowest BCUT2D eigenvalue weighted by atomic mass is 10.1. The SMILES string of the molecule is Cl.O=S(=O)(c1cnn(CC(F)(F)F)c1)N1C2CCNCC1CC2. The van der Waals surface area contributed by atoms with Crippen molar-refractivity contribution < 1.29 is 21.6 Å². The van der Waals surface area contributed by atoms with Crippen molar-refractivity contribution in [3.05, 3.63) is 12.4 Å². The molecule has 2 fully saturated rings. The Morgan fingerprint density at radius 2 is 1.96 bits per heavy atom. The molecule has 0 aromatic carbocycles. The van der Waals surface area contributed by atoms with Crippen LogP contribution < -0.4 is 5.32 Å². The molecule has 3 heterocycles. The monoisotopic (exact) mass is 374 g/mol. The minimum absolute atomic E-state index is 0. The summed E-state index contributed by atoms with van der Waals surface area (Å²) < 4.78 is 64.6. The number of aromatic nitrogens is 2. The minimum Gasteiger partial charge on any atom is -0.315 e. The molecule has 2 bridgehead atoms. The Hall–Kier alpha value is -0.840. The largest absolute Gasteiger partial charge is 0.408 e. The Balaban J connectivity index is 0.00000192. The zero-order valence-corrected chi connectivity index (χ0v) is 13.8. The van der Waals surface area contributed by atoms with E-state index in [-0.39, 0.29) is 29.4 Å². The maximum atomic E-state index is 12.7. The first-order valence-electron chi connectivity index (χ1n) is 7.11. The first kappa shape index (κ1) is 18.5. The first-order valence-corrected chi connectivity index (χ1v) is 8.55. The van der Waals surface area contributed by atoms with Crippen LogP contribution in [0.1, 0.15) is 19.3 Å². The first-order chi connectivity index (χ1) is 10.3. The van der Waals surface area contributed by atoms with Crippen molar-refractivity contribution in [2.24, 2.45) is 0 Å². The van der Waals surface area contributed by atoms with Crippen molar-refractivity contribution in [1.29, 1.82) is 0 Å². The van der Waals surface area contributed by atoms with Crippen LogP contribution in [-0.4, -0.2) is 53.9 Å². The minimum atomic E-state index is -4.43. The van der Waals surface area contributed by atoms with Crippen LogP contribution in [0.3, 0.4) is 0 Å². The van der Waals surface area contributed by atoms with E-state index in [1.54, 1.807) is 0 Å². The number of alkyl halides is 3. The Morgan fingerprint density at radius 1 is 1.26 bits per heavy atom. The summed E-state index contributed by atoms with van der Waals surface area (Å²) in [4.78, 5) is -0.171. The molecule has 132 valence electrons. The smallest absolute Gasteiger partial charge is 0.315 e. The Bertz CT molecular complexity index is 635. The predicted octanol–water partition coefficient (Wildman–Crippen LogP) is 1.38. The molecule has 2 saturated heterocycles. The van der Waals surface area contributed by atoms with Crippen LogP contribution in [0.15, 0.2) is 17.3 Å². The summed E-state index contributed by atoms with van der Waals surface area (Å²) in [5, 5.41) is 6.72. The second-order valence-electron chi connectivity index (χ2n) is 5.70. The van der Waals surface area contributed by atoms with Gasteiger partial charge in [0.15, 0.2) is 0 Å². The van der Waals surface area contributed by atoms with E-state index in [2.05, 4.69) is 10.4 Å². The van der Waals surface area contributed by atoms with Crippen LogP contribution in [0, 0.1) is 0 Å². The number of halogens is 4. The third kappa shape index (κ3) is 3.81. The molecule has 11 heteroatoms. The highest BCUT2D eigenvalue weighted by molar-refractivity contribution is 7.89. The highest BCUT2D eigenvalue weighted by Crippen LogP contribution is 2.33. The second kappa shape index (κ2) is 6.58. The molecule has 0 radical (unpaired) electrons. The fourth-order valence-corrected chi connectivity index (χ4v) is 5.05. The van der Waals surface area contributed by atoms with Crippen molar-refractivity contribution in [2.75, 3.05) is 13.1 Å². The van der Waals surface area contributed by atoms with Crippen LogP contribution in [0.2, 0.25) is 0 Å². The van der Waals surface area contributed by atoms with E-state index in [1.807, 2.05) is 0 Å². The highest BCUT2D eigenvalue weighted by atomic mass is 35.5. The van der Waals surface area contributed by atoms with Crippen LogP contribution in [0.25, 0.3) is 0 Å². The zero-order chi connectivity index (χ0) is 16.0. The third-order valence-electron chi connectivity index (χ3n) is 4.11. The fourth-order valence-electron chi connectivity index (χ4n) is 3.20. The summed E-state index contributed by atoms with van der Waals surface area (Å²) in [6.07, 6.45) is -0.194. The number of nitrogens with one attached hydrogen (secondary N) is 1. The average molecular weight is 375 g/mol. The zero-order valence-electron chi connectivity index (χ0n) is 12.2. The molecule has 6 nitrogen and oxygen atoms in total. The second-order valence-corrected chi connectivity index (χ2v) is 7.54. The predicted molar refractivity (Wildman–Crippen MR) is 78.9 cm³/mol. The highest BCUT2D eigenvalue weighted by Gasteiger charge is 2.43. The lowest BCUT2D eigenvalue weighted by molar-refractivity contribution is -0.142. The van der Waals surface area contributed by atoms with Gasteiger partial charge in [0, 0.05) is 24.8 Å². The molecule has 0 saturated carbocycles. The fraction of sp³-hybridized carbons (Fsp3) is 0.750. The van der Waals surface area contributed by atoms with Gasteiger partial charge in [0.05, 0.1) is 6.20 Å². The maximum Gasteiger partial charge on any atom is 0.408 e. The number of hydrogen-bond acceptors (Lipinski definition) is 4. The van der Waals surface area contributed by atoms with Crippen molar-refractivity contribution >= 4 is 22.4 Å². The van der Waals surface area contributed by atoms with Gasteiger partial charge in [0.1, 0.15) is 11.4 Å². The number of sulfonamides is 1.